The predicted molar refractivity (Wildman–Crippen MR) is 73.0 cm³/mol. The summed E-state index contributed by atoms with van der Waals surface area (Å²) < 4.78 is 5.44. The predicted octanol–water partition coefficient (Wildman–Crippen LogP) is 2.92. The lowest BCUT2D eigenvalue weighted by atomic mass is 9.64. The summed E-state index contributed by atoms with van der Waals surface area (Å²) in [5.74, 6) is 1.57. The minimum Gasteiger partial charge on any atom is -0.381 e. The molecule has 1 saturated carbocycles. The Bertz CT molecular complexity index is 436. The SMILES string of the molecule is CCc1nc(Cl)cc(NC2CC(OC)C2(C)C)n1. The third kappa shape index (κ3) is 2.45. The van der Waals surface area contributed by atoms with Crippen LogP contribution >= 0.6 is 11.6 Å². The van der Waals surface area contributed by atoms with Crippen molar-refractivity contribution in [3.05, 3.63) is 17.0 Å². The van der Waals surface area contributed by atoms with Gasteiger partial charge in [-0.25, -0.2) is 9.97 Å². The van der Waals surface area contributed by atoms with Gasteiger partial charge in [0.15, 0.2) is 0 Å². The zero-order valence-electron chi connectivity index (χ0n) is 11.3. The molecule has 1 heterocycles. The lowest BCUT2D eigenvalue weighted by Crippen LogP contribution is -2.57. The van der Waals surface area contributed by atoms with Crippen LogP contribution in [0.4, 0.5) is 5.82 Å². The number of hydrogen-bond acceptors (Lipinski definition) is 4. The van der Waals surface area contributed by atoms with Crippen LogP contribution in [0.1, 0.15) is 33.0 Å². The Labute approximate surface area is 113 Å². The van der Waals surface area contributed by atoms with Crippen LogP contribution in [0.25, 0.3) is 0 Å². The molecule has 1 N–H and O–H groups in total. The molecule has 2 rings (SSSR count). The Balaban J connectivity index is 2.09. The van der Waals surface area contributed by atoms with Crippen molar-refractivity contribution in [2.75, 3.05) is 12.4 Å². The van der Waals surface area contributed by atoms with Crippen LogP contribution in [0, 0.1) is 5.41 Å². The molecular formula is C13H20ClN3O. The van der Waals surface area contributed by atoms with E-state index in [-0.39, 0.29) is 5.41 Å². The van der Waals surface area contributed by atoms with E-state index in [1.807, 2.05) is 6.92 Å². The Morgan fingerprint density at radius 2 is 2.22 bits per heavy atom. The molecule has 100 valence electrons. The molecule has 1 aromatic heterocycles. The van der Waals surface area contributed by atoms with Crippen molar-refractivity contribution < 1.29 is 4.74 Å². The first-order valence-corrected chi connectivity index (χ1v) is 6.68. The second-order valence-corrected chi connectivity index (χ2v) is 5.71. The molecule has 4 nitrogen and oxygen atoms in total. The van der Waals surface area contributed by atoms with Gasteiger partial charge < -0.3 is 10.1 Å². The fourth-order valence-electron chi connectivity index (χ4n) is 2.41. The molecular weight excluding hydrogens is 250 g/mol. The molecule has 0 radical (unpaired) electrons. The molecule has 2 atom stereocenters. The molecule has 1 aliphatic carbocycles. The van der Waals surface area contributed by atoms with Gasteiger partial charge in [0.05, 0.1) is 6.10 Å². The fraction of sp³-hybridized carbons (Fsp3) is 0.692. The highest BCUT2D eigenvalue weighted by atomic mass is 35.5. The van der Waals surface area contributed by atoms with E-state index in [2.05, 4.69) is 29.1 Å². The summed E-state index contributed by atoms with van der Waals surface area (Å²) in [6.45, 7) is 6.42. The van der Waals surface area contributed by atoms with Crippen molar-refractivity contribution in [3.63, 3.8) is 0 Å². The number of rotatable bonds is 4. The van der Waals surface area contributed by atoms with E-state index in [0.717, 1.165) is 24.5 Å². The van der Waals surface area contributed by atoms with Crippen LogP contribution in [-0.2, 0) is 11.2 Å². The second-order valence-electron chi connectivity index (χ2n) is 5.32. The number of halogens is 1. The number of aromatic nitrogens is 2. The van der Waals surface area contributed by atoms with Crippen molar-refractivity contribution in [1.82, 2.24) is 9.97 Å². The molecule has 5 heteroatoms. The normalized spacial score (nSPS) is 25.6. The molecule has 0 amide bonds. The van der Waals surface area contributed by atoms with Crippen molar-refractivity contribution in [1.29, 1.82) is 0 Å². The first-order valence-electron chi connectivity index (χ1n) is 6.30. The number of methoxy groups -OCH3 is 1. The topological polar surface area (TPSA) is 47.0 Å². The maximum absolute atomic E-state index is 5.98. The average molecular weight is 270 g/mol. The highest BCUT2D eigenvalue weighted by Gasteiger charge is 2.48. The highest BCUT2D eigenvalue weighted by Crippen LogP contribution is 2.43. The number of ether oxygens (including phenoxy) is 1. The monoisotopic (exact) mass is 269 g/mol. The fourth-order valence-corrected chi connectivity index (χ4v) is 2.61. The molecule has 0 bridgehead atoms. The lowest BCUT2D eigenvalue weighted by molar-refractivity contribution is -0.0795. The first kappa shape index (κ1) is 13.6. The van der Waals surface area contributed by atoms with Crippen molar-refractivity contribution in [3.8, 4) is 0 Å². The Hall–Kier alpha value is -0.870. The van der Waals surface area contributed by atoms with E-state index in [1.54, 1.807) is 13.2 Å². The van der Waals surface area contributed by atoms with Gasteiger partial charge in [-0.2, -0.15) is 0 Å². The molecule has 1 fully saturated rings. The molecule has 0 aromatic carbocycles. The van der Waals surface area contributed by atoms with Crippen LogP contribution in [0.5, 0.6) is 0 Å². The molecule has 0 aliphatic heterocycles. The van der Waals surface area contributed by atoms with Gasteiger partial charge in [0.25, 0.3) is 0 Å². The van der Waals surface area contributed by atoms with Crippen molar-refractivity contribution >= 4 is 17.4 Å². The average Bonchev–Trinajstić information content (AvgIpc) is 2.33. The Morgan fingerprint density at radius 1 is 1.50 bits per heavy atom. The Kier molecular flexibility index (Phi) is 3.78. The Morgan fingerprint density at radius 3 is 2.78 bits per heavy atom. The van der Waals surface area contributed by atoms with Crippen molar-refractivity contribution in [2.24, 2.45) is 5.41 Å². The standard InChI is InChI=1S/C13H20ClN3O/c1-5-11-16-10(14)7-12(17-11)15-8-6-9(18-4)13(8,2)3/h7-9H,5-6H2,1-4H3,(H,15,16,17). The molecule has 2 unspecified atom stereocenters. The minimum atomic E-state index is 0.110. The number of anilines is 1. The van der Waals surface area contributed by atoms with Crippen molar-refractivity contribution in [2.45, 2.75) is 45.8 Å². The van der Waals surface area contributed by atoms with Crippen LogP contribution in [0.3, 0.4) is 0 Å². The van der Waals surface area contributed by atoms with E-state index in [9.17, 15) is 0 Å². The quantitative estimate of drug-likeness (QED) is 0.854. The van der Waals surface area contributed by atoms with Gasteiger partial charge in [0, 0.05) is 31.1 Å². The maximum atomic E-state index is 5.98. The second kappa shape index (κ2) is 5.02. The zero-order valence-corrected chi connectivity index (χ0v) is 12.1. The molecule has 1 aromatic rings. The maximum Gasteiger partial charge on any atom is 0.134 e. The highest BCUT2D eigenvalue weighted by molar-refractivity contribution is 6.29. The zero-order chi connectivity index (χ0) is 13.3. The summed E-state index contributed by atoms with van der Waals surface area (Å²) >= 11 is 5.98. The molecule has 1 aliphatic rings. The first-order chi connectivity index (χ1) is 8.47. The molecule has 0 spiro atoms. The van der Waals surface area contributed by atoms with Gasteiger partial charge in [0.2, 0.25) is 0 Å². The lowest BCUT2D eigenvalue weighted by Gasteiger charge is -2.51. The van der Waals surface area contributed by atoms with Crippen LogP contribution in [0.15, 0.2) is 6.07 Å². The smallest absolute Gasteiger partial charge is 0.134 e. The van der Waals surface area contributed by atoms with Gasteiger partial charge in [-0.15, -0.1) is 0 Å². The molecule has 0 saturated heterocycles. The van der Waals surface area contributed by atoms with Gasteiger partial charge in [-0.1, -0.05) is 32.4 Å². The van der Waals surface area contributed by atoms with E-state index < -0.39 is 0 Å². The van der Waals surface area contributed by atoms with E-state index in [1.165, 1.54) is 0 Å². The summed E-state index contributed by atoms with van der Waals surface area (Å²) in [6, 6.07) is 2.13. The minimum absolute atomic E-state index is 0.110. The number of hydrogen-bond donors (Lipinski definition) is 1. The van der Waals surface area contributed by atoms with Gasteiger partial charge in [0.1, 0.15) is 16.8 Å². The number of nitrogens with one attached hydrogen (secondary N) is 1. The van der Waals surface area contributed by atoms with E-state index in [4.69, 9.17) is 16.3 Å². The summed E-state index contributed by atoms with van der Waals surface area (Å²) in [4.78, 5) is 8.60. The summed E-state index contributed by atoms with van der Waals surface area (Å²) in [5, 5.41) is 3.92. The third-order valence-electron chi connectivity index (χ3n) is 3.84. The summed E-state index contributed by atoms with van der Waals surface area (Å²) in [6.07, 6.45) is 2.08. The van der Waals surface area contributed by atoms with Crippen LogP contribution in [0.2, 0.25) is 5.15 Å². The third-order valence-corrected chi connectivity index (χ3v) is 4.04. The van der Waals surface area contributed by atoms with Gasteiger partial charge in [-0.3, -0.25) is 0 Å². The molecule has 18 heavy (non-hydrogen) atoms. The largest absolute Gasteiger partial charge is 0.381 e. The van der Waals surface area contributed by atoms with E-state index in [0.29, 0.717) is 17.3 Å². The number of nitrogens with zero attached hydrogens (tertiary/aromatic N) is 2. The van der Waals surface area contributed by atoms with Crippen LogP contribution in [-0.4, -0.2) is 29.2 Å². The summed E-state index contributed by atoms with van der Waals surface area (Å²) in [7, 11) is 1.76. The summed E-state index contributed by atoms with van der Waals surface area (Å²) in [5.41, 5.74) is 0.110. The van der Waals surface area contributed by atoms with Gasteiger partial charge >= 0.3 is 0 Å². The number of aryl methyl sites for hydroxylation is 1. The van der Waals surface area contributed by atoms with E-state index >= 15 is 0 Å². The van der Waals surface area contributed by atoms with Gasteiger partial charge in [-0.05, 0) is 6.42 Å². The van der Waals surface area contributed by atoms with Crippen LogP contribution < -0.4 is 5.32 Å².